The zero-order valence-electron chi connectivity index (χ0n) is 19.2. The van der Waals surface area contributed by atoms with E-state index in [1.165, 1.54) is 4.90 Å². The SMILES string of the molecule is [C-]#[N+]c1ccc2c(c1)O[C@@]1(c3ccc(C#N)cc3)[C@H](c3ccccc3)[C@@H](C(=O)N(C)C)[C@@H](O)[C@@]21O. The molecule has 7 heteroatoms. The van der Waals surface area contributed by atoms with E-state index in [2.05, 4.69) is 10.9 Å². The average molecular weight is 466 g/mol. The minimum Gasteiger partial charge on any atom is -0.479 e. The Hall–Kier alpha value is -4.17. The molecule has 0 aromatic heterocycles. The van der Waals surface area contributed by atoms with E-state index in [-0.39, 0.29) is 11.7 Å². The molecule has 1 fully saturated rings. The average Bonchev–Trinajstić information content (AvgIpc) is 3.26. The van der Waals surface area contributed by atoms with Crippen LogP contribution in [0.25, 0.3) is 4.85 Å². The van der Waals surface area contributed by atoms with Crippen molar-refractivity contribution in [3.63, 3.8) is 0 Å². The lowest BCUT2D eigenvalue weighted by Crippen LogP contribution is -2.52. The van der Waals surface area contributed by atoms with Gasteiger partial charge in [-0.3, -0.25) is 4.79 Å². The number of hydrogen-bond acceptors (Lipinski definition) is 5. The van der Waals surface area contributed by atoms with Gasteiger partial charge in [0.25, 0.3) is 0 Å². The Labute approximate surface area is 203 Å². The molecule has 2 aliphatic rings. The van der Waals surface area contributed by atoms with Gasteiger partial charge in [-0.15, -0.1) is 0 Å². The number of amides is 1. The summed E-state index contributed by atoms with van der Waals surface area (Å²) in [6.45, 7) is 7.40. The van der Waals surface area contributed by atoms with E-state index in [0.29, 0.717) is 27.9 Å². The molecule has 5 atom stereocenters. The van der Waals surface area contributed by atoms with Crippen LogP contribution < -0.4 is 4.74 Å². The molecule has 1 aliphatic carbocycles. The fraction of sp³-hybridized carbons (Fsp3) is 0.250. The number of carbonyl (C=O) groups excluding carboxylic acids is 1. The summed E-state index contributed by atoms with van der Waals surface area (Å²) in [5, 5.41) is 33.6. The Bertz CT molecular complexity index is 1390. The van der Waals surface area contributed by atoms with Gasteiger partial charge in [-0.2, -0.15) is 5.26 Å². The van der Waals surface area contributed by atoms with E-state index in [0.717, 1.165) is 0 Å². The minimum atomic E-state index is -2.01. The smallest absolute Gasteiger partial charge is 0.228 e. The Morgan fingerprint density at radius 3 is 2.40 bits per heavy atom. The van der Waals surface area contributed by atoms with Crippen LogP contribution in [0.15, 0.2) is 72.8 Å². The fourth-order valence-electron chi connectivity index (χ4n) is 5.73. The van der Waals surface area contributed by atoms with Gasteiger partial charge in [0.2, 0.25) is 5.91 Å². The number of ether oxygens (including phenoxy) is 1. The molecule has 1 aliphatic heterocycles. The lowest BCUT2D eigenvalue weighted by molar-refractivity contribution is -0.155. The van der Waals surface area contributed by atoms with Crippen molar-refractivity contribution in [2.24, 2.45) is 5.92 Å². The van der Waals surface area contributed by atoms with E-state index in [4.69, 9.17) is 11.3 Å². The second-order valence-corrected chi connectivity index (χ2v) is 9.18. The van der Waals surface area contributed by atoms with E-state index in [9.17, 15) is 20.3 Å². The largest absolute Gasteiger partial charge is 0.479 e. The van der Waals surface area contributed by atoms with Gasteiger partial charge in [-0.1, -0.05) is 54.6 Å². The minimum absolute atomic E-state index is 0.279. The molecule has 3 aromatic carbocycles. The van der Waals surface area contributed by atoms with Crippen molar-refractivity contribution in [1.29, 1.82) is 5.26 Å². The normalized spacial score (nSPS) is 28.2. The van der Waals surface area contributed by atoms with Gasteiger partial charge in [-0.05, 0) is 29.3 Å². The summed E-state index contributed by atoms with van der Waals surface area (Å²) in [6.07, 6.45) is -1.52. The molecule has 35 heavy (non-hydrogen) atoms. The van der Waals surface area contributed by atoms with E-state index in [1.807, 2.05) is 30.3 Å². The standard InChI is InChI=1S/C28H23N3O4/c1-30-20-13-14-21-22(15-20)35-28(19-11-9-17(16-29)10-12-19)24(18-7-5-4-6-8-18)23(26(33)31(2)3)25(32)27(21,28)34/h4-15,23-25,32,34H,2-3H3/t23-,24-,25-,27+,28+/m1/s1. The van der Waals surface area contributed by atoms with Gasteiger partial charge in [0, 0.05) is 25.6 Å². The fourth-order valence-corrected chi connectivity index (χ4v) is 5.73. The van der Waals surface area contributed by atoms with Crippen molar-refractivity contribution in [1.82, 2.24) is 4.90 Å². The zero-order valence-corrected chi connectivity index (χ0v) is 19.2. The molecule has 1 saturated carbocycles. The lowest BCUT2D eigenvalue weighted by atomic mass is 9.70. The molecule has 0 spiro atoms. The summed E-state index contributed by atoms with van der Waals surface area (Å²) < 4.78 is 6.61. The summed E-state index contributed by atoms with van der Waals surface area (Å²) in [7, 11) is 3.22. The number of nitrogens with zero attached hydrogens (tertiary/aromatic N) is 3. The molecule has 5 rings (SSSR count). The first-order valence-electron chi connectivity index (χ1n) is 11.2. The van der Waals surface area contributed by atoms with E-state index < -0.39 is 29.1 Å². The summed E-state index contributed by atoms with van der Waals surface area (Å²) in [4.78, 5) is 18.4. The zero-order chi connectivity index (χ0) is 25.0. The first-order valence-corrected chi connectivity index (χ1v) is 11.2. The third kappa shape index (κ3) is 2.93. The van der Waals surface area contributed by atoms with Crippen LogP contribution >= 0.6 is 0 Å². The quantitative estimate of drug-likeness (QED) is 0.578. The number of aliphatic hydroxyl groups excluding tert-OH is 1. The first kappa shape index (κ1) is 22.6. The molecule has 1 amide bonds. The molecule has 0 unspecified atom stereocenters. The van der Waals surface area contributed by atoms with Crippen LogP contribution in [0.3, 0.4) is 0 Å². The molecule has 0 bridgehead atoms. The van der Waals surface area contributed by atoms with Gasteiger partial charge in [0.15, 0.2) is 16.9 Å². The van der Waals surface area contributed by atoms with Crippen LogP contribution in [-0.2, 0) is 16.0 Å². The lowest BCUT2D eigenvalue weighted by Gasteiger charge is -2.40. The number of rotatable bonds is 3. The second kappa shape index (κ2) is 7.95. The number of carbonyl (C=O) groups is 1. The molecule has 1 heterocycles. The number of aliphatic hydroxyl groups is 2. The molecule has 2 N–H and O–H groups in total. The van der Waals surface area contributed by atoms with Gasteiger partial charge < -0.3 is 19.8 Å². The Kier molecular flexibility index (Phi) is 5.14. The Morgan fingerprint density at radius 2 is 1.80 bits per heavy atom. The highest BCUT2D eigenvalue weighted by Gasteiger charge is 2.77. The van der Waals surface area contributed by atoms with Crippen molar-refractivity contribution < 1.29 is 19.7 Å². The van der Waals surface area contributed by atoms with Crippen molar-refractivity contribution in [3.05, 3.63) is 106 Å². The monoisotopic (exact) mass is 465 g/mol. The highest BCUT2D eigenvalue weighted by molar-refractivity contribution is 5.82. The van der Waals surface area contributed by atoms with E-state index in [1.54, 1.807) is 56.6 Å². The molecule has 0 radical (unpaired) electrons. The predicted octanol–water partition coefficient (Wildman–Crippen LogP) is 3.45. The third-order valence-corrected chi connectivity index (χ3v) is 7.23. The topological polar surface area (TPSA) is 98.2 Å². The van der Waals surface area contributed by atoms with Gasteiger partial charge in [-0.25, -0.2) is 4.85 Å². The van der Waals surface area contributed by atoms with Crippen LogP contribution in [0.2, 0.25) is 0 Å². The Morgan fingerprint density at radius 1 is 1.11 bits per heavy atom. The van der Waals surface area contributed by atoms with Crippen molar-refractivity contribution in [2.45, 2.75) is 23.2 Å². The summed E-state index contributed by atoms with van der Waals surface area (Å²) in [5.41, 5.74) is -1.30. The molecule has 7 nitrogen and oxygen atoms in total. The maximum absolute atomic E-state index is 13.5. The van der Waals surface area contributed by atoms with Crippen LogP contribution in [-0.4, -0.2) is 41.2 Å². The first-order chi connectivity index (χ1) is 16.8. The summed E-state index contributed by atoms with van der Waals surface area (Å²) in [5.74, 6) is -1.87. The van der Waals surface area contributed by atoms with E-state index >= 15 is 0 Å². The van der Waals surface area contributed by atoms with Gasteiger partial charge in [0.1, 0.15) is 11.9 Å². The van der Waals surface area contributed by atoms with Crippen molar-refractivity contribution >= 4 is 11.6 Å². The number of nitriles is 1. The summed E-state index contributed by atoms with van der Waals surface area (Å²) >= 11 is 0. The highest BCUT2D eigenvalue weighted by atomic mass is 16.5. The number of hydrogen-bond donors (Lipinski definition) is 2. The molecular formula is C28H23N3O4. The van der Waals surface area contributed by atoms with Crippen molar-refractivity contribution in [3.8, 4) is 11.8 Å². The molecule has 3 aromatic rings. The molecule has 174 valence electrons. The highest BCUT2D eigenvalue weighted by Crippen LogP contribution is 2.68. The predicted molar refractivity (Wildman–Crippen MR) is 127 cm³/mol. The Balaban J connectivity index is 1.86. The van der Waals surface area contributed by atoms with Gasteiger partial charge in [0.05, 0.1) is 24.1 Å². The van der Waals surface area contributed by atoms with Gasteiger partial charge >= 0.3 is 0 Å². The maximum atomic E-state index is 13.5. The second-order valence-electron chi connectivity index (χ2n) is 9.18. The third-order valence-electron chi connectivity index (χ3n) is 7.23. The number of benzene rings is 3. The molecule has 0 saturated heterocycles. The van der Waals surface area contributed by atoms with Crippen LogP contribution in [0, 0.1) is 23.8 Å². The maximum Gasteiger partial charge on any atom is 0.228 e. The summed E-state index contributed by atoms with van der Waals surface area (Å²) in [6, 6.07) is 22.6. The van der Waals surface area contributed by atoms with Crippen molar-refractivity contribution in [2.75, 3.05) is 14.1 Å². The van der Waals surface area contributed by atoms with Crippen LogP contribution in [0.1, 0.15) is 28.2 Å². The van der Waals surface area contributed by atoms with Crippen LogP contribution in [0.5, 0.6) is 5.75 Å². The van der Waals surface area contributed by atoms with Crippen LogP contribution in [0.4, 0.5) is 5.69 Å². The molecular weight excluding hydrogens is 442 g/mol. The number of fused-ring (bicyclic) bond motifs is 3.